The zero-order valence-electron chi connectivity index (χ0n) is 11.2. The Bertz CT molecular complexity index is 232. The molecule has 2 nitrogen and oxygen atoms in total. The lowest BCUT2D eigenvalue weighted by Gasteiger charge is -2.22. The molecule has 1 fully saturated rings. The minimum absolute atomic E-state index is 0.000664. The number of amides is 1. The molecule has 0 spiro atoms. The Balaban J connectivity index is 2.24. The molecule has 1 aliphatic carbocycles. The van der Waals surface area contributed by atoms with Crippen LogP contribution >= 0.6 is 11.6 Å². The molecule has 0 unspecified atom stereocenters. The fraction of sp³-hybridized carbons (Fsp3) is 0.929. The molecule has 1 saturated carbocycles. The van der Waals surface area contributed by atoms with E-state index in [1.807, 2.05) is 0 Å². The van der Waals surface area contributed by atoms with Crippen molar-refractivity contribution in [3.63, 3.8) is 0 Å². The second kappa shape index (κ2) is 7.25. The first-order valence-corrected chi connectivity index (χ1v) is 7.39. The third kappa shape index (κ3) is 6.30. The Kier molecular flexibility index (Phi) is 6.32. The van der Waals surface area contributed by atoms with Gasteiger partial charge in [-0.25, -0.2) is 0 Å². The van der Waals surface area contributed by atoms with Gasteiger partial charge < -0.3 is 5.32 Å². The first-order valence-electron chi connectivity index (χ1n) is 6.86. The van der Waals surface area contributed by atoms with Crippen molar-refractivity contribution in [3.05, 3.63) is 0 Å². The fourth-order valence-electron chi connectivity index (χ4n) is 2.29. The summed E-state index contributed by atoms with van der Waals surface area (Å²) in [6.45, 7) is 4.83. The molecule has 1 aliphatic rings. The van der Waals surface area contributed by atoms with E-state index in [4.69, 9.17) is 11.6 Å². The van der Waals surface area contributed by atoms with Crippen LogP contribution < -0.4 is 5.32 Å². The number of halogens is 1. The molecule has 3 heteroatoms. The van der Waals surface area contributed by atoms with Crippen LogP contribution in [0.25, 0.3) is 0 Å². The predicted molar refractivity (Wildman–Crippen MR) is 73.3 cm³/mol. The molecule has 0 bridgehead atoms. The average Bonchev–Trinajstić information content (AvgIpc) is 2.55. The van der Waals surface area contributed by atoms with Crippen LogP contribution in [0, 0.1) is 11.3 Å². The summed E-state index contributed by atoms with van der Waals surface area (Å²) in [5, 5.41) is 3.02. The lowest BCUT2D eigenvalue weighted by atomic mass is 9.94. The lowest BCUT2D eigenvalue weighted by molar-refractivity contribution is -0.122. The van der Waals surface area contributed by atoms with Crippen LogP contribution in [-0.4, -0.2) is 18.3 Å². The molecule has 1 N–H and O–H groups in total. The molecule has 0 saturated heterocycles. The van der Waals surface area contributed by atoms with E-state index in [9.17, 15) is 4.79 Å². The maximum absolute atomic E-state index is 11.8. The first-order chi connectivity index (χ1) is 8.03. The van der Waals surface area contributed by atoms with Crippen molar-refractivity contribution in [2.24, 2.45) is 11.3 Å². The Morgan fingerprint density at radius 3 is 2.35 bits per heavy atom. The zero-order chi connectivity index (χ0) is 12.7. The van der Waals surface area contributed by atoms with Gasteiger partial charge in [-0.3, -0.25) is 4.79 Å². The number of hydrogen-bond acceptors (Lipinski definition) is 1. The SMILES string of the molecule is CC(C)(CCl)CNC(=O)CC1CCCCCC1. The predicted octanol–water partition coefficient (Wildman–Crippen LogP) is 3.73. The van der Waals surface area contributed by atoms with E-state index in [1.54, 1.807) is 0 Å². The van der Waals surface area contributed by atoms with Crippen LogP contribution in [0.4, 0.5) is 0 Å². The number of carbonyl (C=O) groups excluding carboxylic acids is 1. The van der Waals surface area contributed by atoms with Crippen molar-refractivity contribution in [3.8, 4) is 0 Å². The van der Waals surface area contributed by atoms with E-state index in [0.29, 0.717) is 24.8 Å². The Labute approximate surface area is 110 Å². The van der Waals surface area contributed by atoms with Crippen LogP contribution in [0.5, 0.6) is 0 Å². The van der Waals surface area contributed by atoms with E-state index >= 15 is 0 Å². The summed E-state index contributed by atoms with van der Waals surface area (Å²) < 4.78 is 0. The first kappa shape index (κ1) is 14.8. The van der Waals surface area contributed by atoms with Gasteiger partial charge in [-0.15, -0.1) is 11.6 Å². The molecular formula is C14H26ClNO. The van der Waals surface area contributed by atoms with Gasteiger partial charge in [-0.2, -0.15) is 0 Å². The second-order valence-corrected chi connectivity index (χ2v) is 6.40. The molecule has 0 aromatic rings. The summed E-state index contributed by atoms with van der Waals surface area (Å²) in [4.78, 5) is 11.8. The second-order valence-electron chi connectivity index (χ2n) is 6.14. The summed E-state index contributed by atoms with van der Waals surface area (Å²) in [7, 11) is 0. The highest BCUT2D eigenvalue weighted by atomic mass is 35.5. The average molecular weight is 260 g/mol. The largest absolute Gasteiger partial charge is 0.356 e. The van der Waals surface area contributed by atoms with Crippen LogP contribution in [0.3, 0.4) is 0 Å². The molecule has 0 atom stereocenters. The number of alkyl halides is 1. The molecule has 17 heavy (non-hydrogen) atoms. The van der Waals surface area contributed by atoms with Gasteiger partial charge in [-0.1, -0.05) is 39.5 Å². The fourth-order valence-corrected chi connectivity index (χ4v) is 2.38. The number of nitrogens with one attached hydrogen (secondary N) is 1. The maximum atomic E-state index is 11.8. The molecule has 0 aliphatic heterocycles. The molecule has 1 amide bonds. The van der Waals surface area contributed by atoms with E-state index in [1.165, 1.54) is 38.5 Å². The van der Waals surface area contributed by atoms with Crippen molar-refractivity contribution in [1.29, 1.82) is 0 Å². The highest BCUT2D eigenvalue weighted by molar-refractivity contribution is 6.18. The third-order valence-electron chi connectivity index (χ3n) is 3.57. The molecule has 0 heterocycles. The minimum Gasteiger partial charge on any atom is -0.356 e. The highest BCUT2D eigenvalue weighted by Gasteiger charge is 2.19. The van der Waals surface area contributed by atoms with Crippen LogP contribution in [-0.2, 0) is 4.79 Å². The van der Waals surface area contributed by atoms with Gasteiger partial charge in [0.1, 0.15) is 0 Å². The minimum atomic E-state index is 0.000664. The summed E-state index contributed by atoms with van der Waals surface area (Å²) in [5.41, 5.74) is 0.000664. The van der Waals surface area contributed by atoms with Crippen LogP contribution in [0.1, 0.15) is 58.8 Å². The smallest absolute Gasteiger partial charge is 0.220 e. The van der Waals surface area contributed by atoms with Crippen LogP contribution in [0.15, 0.2) is 0 Å². The quantitative estimate of drug-likeness (QED) is 0.592. The van der Waals surface area contributed by atoms with Gasteiger partial charge in [0, 0.05) is 18.8 Å². The number of hydrogen-bond donors (Lipinski definition) is 1. The molecular weight excluding hydrogens is 234 g/mol. The molecule has 0 aromatic heterocycles. The van der Waals surface area contributed by atoms with Gasteiger partial charge in [-0.05, 0) is 24.2 Å². The van der Waals surface area contributed by atoms with E-state index in [0.717, 1.165) is 0 Å². The van der Waals surface area contributed by atoms with E-state index in [2.05, 4.69) is 19.2 Å². The molecule has 100 valence electrons. The topological polar surface area (TPSA) is 29.1 Å². The van der Waals surface area contributed by atoms with Crippen LogP contribution in [0.2, 0.25) is 0 Å². The number of carbonyl (C=O) groups is 1. The Morgan fingerprint density at radius 2 is 1.82 bits per heavy atom. The maximum Gasteiger partial charge on any atom is 0.220 e. The van der Waals surface area contributed by atoms with Gasteiger partial charge in [0.05, 0.1) is 0 Å². The zero-order valence-corrected chi connectivity index (χ0v) is 12.0. The summed E-state index contributed by atoms with van der Waals surface area (Å²) in [6, 6.07) is 0. The summed E-state index contributed by atoms with van der Waals surface area (Å²) >= 11 is 5.84. The molecule has 0 radical (unpaired) electrons. The highest BCUT2D eigenvalue weighted by Crippen LogP contribution is 2.25. The number of rotatable bonds is 5. The van der Waals surface area contributed by atoms with E-state index in [-0.39, 0.29) is 11.3 Å². The van der Waals surface area contributed by atoms with Gasteiger partial charge in [0.2, 0.25) is 5.91 Å². The van der Waals surface area contributed by atoms with Crippen molar-refractivity contribution in [2.75, 3.05) is 12.4 Å². The van der Waals surface area contributed by atoms with Crippen molar-refractivity contribution < 1.29 is 4.79 Å². The van der Waals surface area contributed by atoms with Crippen molar-refractivity contribution in [1.82, 2.24) is 5.32 Å². The van der Waals surface area contributed by atoms with Gasteiger partial charge >= 0.3 is 0 Å². The van der Waals surface area contributed by atoms with Crippen molar-refractivity contribution in [2.45, 2.75) is 58.8 Å². The molecule has 1 rings (SSSR count). The summed E-state index contributed by atoms with van der Waals surface area (Å²) in [5.74, 6) is 1.39. The van der Waals surface area contributed by atoms with Gasteiger partial charge in [0.25, 0.3) is 0 Å². The Hall–Kier alpha value is -0.240. The standard InChI is InChI=1S/C14H26ClNO/c1-14(2,10-15)11-16-13(17)9-12-7-5-3-4-6-8-12/h12H,3-11H2,1-2H3,(H,16,17). The van der Waals surface area contributed by atoms with Gasteiger partial charge in [0.15, 0.2) is 0 Å². The van der Waals surface area contributed by atoms with E-state index < -0.39 is 0 Å². The monoisotopic (exact) mass is 259 g/mol. The lowest BCUT2D eigenvalue weighted by Crippen LogP contribution is -2.35. The van der Waals surface area contributed by atoms with Crippen molar-refractivity contribution >= 4 is 17.5 Å². The third-order valence-corrected chi connectivity index (χ3v) is 4.30. The normalized spacial score (nSPS) is 18.8. The summed E-state index contributed by atoms with van der Waals surface area (Å²) in [6.07, 6.45) is 8.45. The Morgan fingerprint density at radius 1 is 1.24 bits per heavy atom. The molecule has 0 aromatic carbocycles.